The Morgan fingerprint density at radius 2 is 1.64 bits per heavy atom. The molecule has 0 aromatic heterocycles. The van der Waals surface area contributed by atoms with E-state index in [1.165, 1.54) is 7.11 Å². The molecule has 2 rings (SSSR count). The van der Waals surface area contributed by atoms with Gasteiger partial charge in [-0.3, -0.25) is 4.79 Å². The van der Waals surface area contributed by atoms with Gasteiger partial charge in [-0.05, 0) is 30.2 Å². The van der Waals surface area contributed by atoms with Crippen molar-refractivity contribution >= 4 is 17.7 Å². The molecule has 1 aliphatic rings. The maximum Gasteiger partial charge on any atom is 0.407 e. The maximum absolute atomic E-state index is 12.7. The van der Waals surface area contributed by atoms with E-state index in [4.69, 9.17) is 4.74 Å². The van der Waals surface area contributed by atoms with Crippen molar-refractivity contribution in [3.8, 4) is 5.75 Å². The predicted molar refractivity (Wildman–Crippen MR) is 96.0 cm³/mol. The number of ether oxygens (including phenoxy) is 2. The number of nitrogens with zero attached hydrogens (tertiary/aromatic N) is 2. The highest BCUT2D eigenvalue weighted by Gasteiger charge is 2.31. The zero-order valence-electron chi connectivity index (χ0n) is 15.3. The second-order valence-corrected chi connectivity index (χ2v) is 6.37. The van der Waals surface area contributed by atoms with Crippen molar-refractivity contribution in [3.63, 3.8) is 0 Å². The Balaban J connectivity index is 1.95. The first-order chi connectivity index (χ1) is 12.0. The molecule has 7 nitrogen and oxygen atoms in total. The standard InChI is InChI=1S/C18H27N3O4/c1-13(2)16(19-18(23)25-4)17(22)21-11-9-20(10-12-21)14-5-7-15(24-3)8-6-14/h5-8,13,16H,9-12H2,1-4H3,(H,19,23)/t16-/m1/s1. The third kappa shape index (κ3) is 4.78. The summed E-state index contributed by atoms with van der Waals surface area (Å²) >= 11 is 0. The lowest BCUT2D eigenvalue weighted by Gasteiger charge is -2.38. The molecule has 0 bridgehead atoms. The van der Waals surface area contributed by atoms with Crippen molar-refractivity contribution in [2.45, 2.75) is 19.9 Å². The predicted octanol–water partition coefficient (Wildman–Crippen LogP) is 1.72. The van der Waals surface area contributed by atoms with Gasteiger partial charge in [0.25, 0.3) is 0 Å². The summed E-state index contributed by atoms with van der Waals surface area (Å²) in [6.45, 7) is 6.56. The van der Waals surface area contributed by atoms with Gasteiger partial charge in [-0.15, -0.1) is 0 Å². The summed E-state index contributed by atoms with van der Waals surface area (Å²) in [6.07, 6.45) is -0.580. The first kappa shape index (κ1) is 18.9. The first-order valence-electron chi connectivity index (χ1n) is 8.48. The van der Waals surface area contributed by atoms with Crippen LogP contribution in [-0.2, 0) is 9.53 Å². The highest BCUT2D eigenvalue weighted by atomic mass is 16.5. The lowest BCUT2D eigenvalue weighted by molar-refractivity contribution is -0.134. The normalized spacial score (nSPS) is 15.7. The first-order valence-corrected chi connectivity index (χ1v) is 8.48. The van der Waals surface area contributed by atoms with Crippen LogP contribution in [-0.4, -0.2) is 63.3 Å². The number of piperazine rings is 1. The lowest BCUT2D eigenvalue weighted by atomic mass is 10.0. The topological polar surface area (TPSA) is 71.1 Å². The molecule has 0 aliphatic carbocycles. The van der Waals surface area contributed by atoms with Crippen molar-refractivity contribution in [2.75, 3.05) is 45.3 Å². The summed E-state index contributed by atoms with van der Waals surface area (Å²) in [5.74, 6) is 0.757. The van der Waals surface area contributed by atoms with Crippen LogP contribution in [0.4, 0.5) is 10.5 Å². The van der Waals surface area contributed by atoms with Gasteiger partial charge in [0.15, 0.2) is 0 Å². The summed E-state index contributed by atoms with van der Waals surface area (Å²) in [5, 5.41) is 2.64. The molecule has 1 aliphatic heterocycles. The number of methoxy groups -OCH3 is 2. The fraction of sp³-hybridized carbons (Fsp3) is 0.556. The number of nitrogens with one attached hydrogen (secondary N) is 1. The quantitative estimate of drug-likeness (QED) is 0.876. The number of hydrogen-bond donors (Lipinski definition) is 1. The average Bonchev–Trinajstić information content (AvgIpc) is 2.65. The van der Waals surface area contributed by atoms with E-state index < -0.39 is 12.1 Å². The number of hydrogen-bond acceptors (Lipinski definition) is 5. The van der Waals surface area contributed by atoms with Gasteiger partial charge in [0.05, 0.1) is 14.2 Å². The number of amides is 2. The van der Waals surface area contributed by atoms with Crippen molar-refractivity contribution in [1.29, 1.82) is 0 Å². The third-order valence-corrected chi connectivity index (χ3v) is 4.42. The van der Waals surface area contributed by atoms with E-state index in [0.717, 1.165) is 24.5 Å². The highest BCUT2D eigenvalue weighted by Crippen LogP contribution is 2.21. The second kappa shape index (κ2) is 8.60. The Labute approximate surface area is 148 Å². The highest BCUT2D eigenvalue weighted by molar-refractivity contribution is 5.86. The summed E-state index contributed by atoms with van der Waals surface area (Å²) in [6, 6.07) is 7.34. The van der Waals surface area contributed by atoms with Crippen molar-refractivity contribution < 1.29 is 19.1 Å². The van der Waals surface area contributed by atoms with Gasteiger partial charge >= 0.3 is 6.09 Å². The van der Waals surface area contributed by atoms with Gasteiger partial charge in [-0.2, -0.15) is 0 Å². The van der Waals surface area contributed by atoms with Crippen molar-refractivity contribution in [3.05, 3.63) is 24.3 Å². The van der Waals surface area contributed by atoms with E-state index in [9.17, 15) is 9.59 Å². The Hall–Kier alpha value is -2.44. The molecule has 7 heteroatoms. The Bertz CT molecular complexity index is 580. The molecule has 1 heterocycles. The summed E-state index contributed by atoms with van der Waals surface area (Å²) < 4.78 is 9.80. The van der Waals surface area contributed by atoms with E-state index in [1.807, 2.05) is 38.1 Å². The van der Waals surface area contributed by atoms with Crippen LogP contribution in [0.15, 0.2) is 24.3 Å². The minimum absolute atomic E-state index is 0.00813. The Kier molecular flexibility index (Phi) is 6.50. The van der Waals surface area contributed by atoms with E-state index in [0.29, 0.717) is 13.1 Å². The van der Waals surface area contributed by atoms with E-state index in [-0.39, 0.29) is 11.8 Å². The second-order valence-electron chi connectivity index (χ2n) is 6.37. The van der Waals surface area contributed by atoms with Crippen LogP contribution in [0.2, 0.25) is 0 Å². The van der Waals surface area contributed by atoms with Crippen LogP contribution < -0.4 is 15.0 Å². The van der Waals surface area contributed by atoms with Gasteiger partial charge in [-0.1, -0.05) is 13.8 Å². The molecular formula is C18H27N3O4. The maximum atomic E-state index is 12.7. The average molecular weight is 349 g/mol. The minimum atomic E-state index is -0.580. The van der Waals surface area contributed by atoms with Crippen LogP contribution in [0.1, 0.15) is 13.8 Å². The molecule has 25 heavy (non-hydrogen) atoms. The molecule has 0 unspecified atom stereocenters. The molecule has 1 N–H and O–H groups in total. The van der Waals surface area contributed by atoms with Gasteiger partial charge in [0.2, 0.25) is 5.91 Å². The van der Waals surface area contributed by atoms with E-state index in [2.05, 4.69) is 15.0 Å². The molecule has 1 fully saturated rings. The zero-order chi connectivity index (χ0) is 18.4. The van der Waals surface area contributed by atoms with Crippen molar-refractivity contribution in [2.24, 2.45) is 5.92 Å². The summed E-state index contributed by atoms with van der Waals surface area (Å²) in [7, 11) is 2.94. The van der Waals surface area contributed by atoms with Gasteiger partial charge < -0.3 is 24.6 Å². The smallest absolute Gasteiger partial charge is 0.407 e. The number of anilines is 1. The molecule has 0 radical (unpaired) electrons. The number of rotatable bonds is 5. The SMILES string of the molecule is COC(=O)N[C@@H](C(=O)N1CCN(c2ccc(OC)cc2)CC1)C(C)C. The third-order valence-electron chi connectivity index (χ3n) is 4.42. The molecule has 1 saturated heterocycles. The monoisotopic (exact) mass is 349 g/mol. The minimum Gasteiger partial charge on any atom is -0.497 e. The van der Waals surface area contributed by atoms with Gasteiger partial charge in [-0.25, -0.2) is 4.79 Å². The molecular weight excluding hydrogens is 322 g/mol. The van der Waals surface area contributed by atoms with Crippen LogP contribution in [0.5, 0.6) is 5.75 Å². The zero-order valence-corrected chi connectivity index (χ0v) is 15.3. The molecule has 1 atom stereocenters. The molecule has 0 saturated carbocycles. The fourth-order valence-corrected chi connectivity index (χ4v) is 2.87. The molecule has 138 valence electrons. The number of carbonyl (C=O) groups is 2. The fourth-order valence-electron chi connectivity index (χ4n) is 2.87. The summed E-state index contributed by atoms with van der Waals surface area (Å²) in [4.78, 5) is 28.3. The number of benzene rings is 1. The number of alkyl carbamates (subject to hydrolysis) is 1. The van der Waals surface area contributed by atoms with Gasteiger partial charge in [0, 0.05) is 31.9 Å². The largest absolute Gasteiger partial charge is 0.497 e. The lowest BCUT2D eigenvalue weighted by Crippen LogP contribution is -2.56. The van der Waals surface area contributed by atoms with Crippen LogP contribution >= 0.6 is 0 Å². The number of carbonyl (C=O) groups excluding carboxylic acids is 2. The van der Waals surface area contributed by atoms with Gasteiger partial charge in [0.1, 0.15) is 11.8 Å². The van der Waals surface area contributed by atoms with Crippen LogP contribution in [0.3, 0.4) is 0 Å². The summed E-state index contributed by atoms with van der Waals surface area (Å²) in [5.41, 5.74) is 1.11. The molecule has 1 aromatic carbocycles. The van der Waals surface area contributed by atoms with E-state index >= 15 is 0 Å². The van der Waals surface area contributed by atoms with E-state index in [1.54, 1.807) is 12.0 Å². The molecule has 2 amide bonds. The van der Waals surface area contributed by atoms with Crippen LogP contribution in [0, 0.1) is 5.92 Å². The van der Waals surface area contributed by atoms with Crippen molar-refractivity contribution in [1.82, 2.24) is 10.2 Å². The molecule has 1 aromatic rings. The molecule has 0 spiro atoms. The van der Waals surface area contributed by atoms with Crippen LogP contribution in [0.25, 0.3) is 0 Å². The Morgan fingerprint density at radius 3 is 2.12 bits per heavy atom. The Morgan fingerprint density at radius 1 is 1.04 bits per heavy atom.